The zero-order valence-electron chi connectivity index (χ0n) is 18.9. The summed E-state index contributed by atoms with van der Waals surface area (Å²) in [6.45, 7) is 2.95. The monoisotopic (exact) mass is 466 g/mol. The standard InChI is InChI=1S/C20H34O12/c1-15(12-30-18(23)5-4-17(21)22)31-19(24)6-7-20(25)32-16(13-28-10-8-26-2)14-29-11-9-27-3/h15-16H,4-14H2,1-3H3,(H,21,22). The van der Waals surface area contributed by atoms with Crippen LogP contribution in [0.3, 0.4) is 0 Å². The molecule has 0 saturated carbocycles. The number of aliphatic carboxylic acids is 1. The van der Waals surface area contributed by atoms with E-state index in [9.17, 15) is 19.2 Å². The van der Waals surface area contributed by atoms with Gasteiger partial charge in [-0.05, 0) is 6.92 Å². The highest BCUT2D eigenvalue weighted by molar-refractivity contribution is 5.78. The Labute approximate surface area is 187 Å². The second-order valence-corrected chi connectivity index (χ2v) is 6.62. The van der Waals surface area contributed by atoms with Gasteiger partial charge in [-0.1, -0.05) is 0 Å². The maximum absolute atomic E-state index is 12.1. The summed E-state index contributed by atoms with van der Waals surface area (Å²) in [5.74, 6) is -3.10. The number of carbonyl (C=O) groups is 4. The molecule has 0 amide bonds. The van der Waals surface area contributed by atoms with Gasteiger partial charge >= 0.3 is 23.9 Å². The van der Waals surface area contributed by atoms with E-state index in [4.69, 9.17) is 38.3 Å². The lowest BCUT2D eigenvalue weighted by Crippen LogP contribution is -2.30. The average Bonchev–Trinajstić information content (AvgIpc) is 2.75. The van der Waals surface area contributed by atoms with E-state index in [1.54, 1.807) is 0 Å². The fourth-order valence-corrected chi connectivity index (χ4v) is 2.09. The first-order valence-corrected chi connectivity index (χ1v) is 10.2. The van der Waals surface area contributed by atoms with Crippen molar-refractivity contribution in [3.05, 3.63) is 0 Å². The molecule has 0 spiro atoms. The predicted molar refractivity (Wildman–Crippen MR) is 108 cm³/mol. The second-order valence-electron chi connectivity index (χ2n) is 6.62. The quantitative estimate of drug-likeness (QED) is 0.150. The molecular weight excluding hydrogens is 432 g/mol. The Kier molecular flexibility index (Phi) is 18.0. The molecule has 32 heavy (non-hydrogen) atoms. The van der Waals surface area contributed by atoms with Gasteiger partial charge in [-0.3, -0.25) is 19.2 Å². The number of hydrogen-bond acceptors (Lipinski definition) is 11. The number of methoxy groups -OCH3 is 2. The molecule has 0 aromatic carbocycles. The molecule has 186 valence electrons. The van der Waals surface area contributed by atoms with Crippen molar-refractivity contribution in [2.24, 2.45) is 0 Å². The predicted octanol–water partition coefficient (Wildman–Crippen LogP) is 0.344. The van der Waals surface area contributed by atoms with Crippen molar-refractivity contribution in [1.29, 1.82) is 0 Å². The first-order valence-electron chi connectivity index (χ1n) is 10.2. The van der Waals surface area contributed by atoms with Gasteiger partial charge in [0.15, 0.2) is 0 Å². The van der Waals surface area contributed by atoms with Gasteiger partial charge in [-0.15, -0.1) is 0 Å². The highest BCUT2D eigenvalue weighted by Gasteiger charge is 2.18. The molecule has 0 aromatic rings. The fourth-order valence-electron chi connectivity index (χ4n) is 2.09. The van der Waals surface area contributed by atoms with Crippen LogP contribution in [0, 0.1) is 0 Å². The Balaban J connectivity index is 4.21. The van der Waals surface area contributed by atoms with Gasteiger partial charge in [0.05, 0.1) is 65.3 Å². The van der Waals surface area contributed by atoms with Crippen molar-refractivity contribution in [2.45, 2.75) is 44.8 Å². The van der Waals surface area contributed by atoms with Crippen LogP contribution in [-0.2, 0) is 52.3 Å². The molecule has 1 N–H and O–H groups in total. The van der Waals surface area contributed by atoms with Gasteiger partial charge < -0.3 is 38.3 Å². The van der Waals surface area contributed by atoms with Gasteiger partial charge in [-0.25, -0.2) is 0 Å². The van der Waals surface area contributed by atoms with Gasteiger partial charge in [0.1, 0.15) is 18.8 Å². The highest BCUT2D eigenvalue weighted by atomic mass is 16.6. The summed E-state index contributed by atoms with van der Waals surface area (Å²) in [6, 6.07) is 0. The number of carbonyl (C=O) groups excluding carboxylic acids is 3. The van der Waals surface area contributed by atoms with Crippen LogP contribution in [0.4, 0.5) is 0 Å². The minimum atomic E-state index is -1.11. The number of esters is 3. The summed E-state index contributed by atoms with van der Waals surface area (Å²) < 4.78 is 35.7. The highest BCUT2D eigenvalue weighted by Crippen LogP contribution is 2.04. The molecule has 0 rings (SSSR count). The minimum absolute atomic E-state index is 0.108. The minimum Gasteiger partial charge on any atom is -0.481 e. The number of carboxylic acid groups (broad SMARTS) is 1. The molecule has 12 heteroatoms. The zero-order valence-corrected chi connectivity index (χ0v) is 18.9. The van der Waals surface area contributed by atoms with E-state index < -0.39 is 36.1 Å². The van der Waals surface area contributed by atoms with Crippen molar-refractivity contribution in [3.8, 4) is 0 Å². The molecular formula is C20H34O12. The lowest BCUT2D eigenvalue weighted by molar-refractivity contribution is -0.162. The van der Waals surface area contributed by atoms with Crippen LogP contribution in [0.2, 0.25) is 0 Å². The number of rotatable bonds is 20. The second kappa shape index (κ2) is 19.4. The summed E-state index contributed by atoms with van der Waals surface area (Å²) in [4.78, 5) is 45.7. The van der Waals surface area contributed by atoms with Crippen molar-refractivity contribution >= 4 is 23.9 Å². The van der Waals surface area contributed by atoms with Crippen LogP contribution in [0.5, 0.6) is 0 Å². The summed E-state index contributed by atoms with van der Waals surface area (Å²) >= 11 is 0. The van der Waals surface area contributed by atoms with Crippen LogP contribution in [0.15, 0.2) is 0 Å². The van der Waals surface area contributed by atoms with E-state index in [0.717, 1.165) is 0 Å². The Bertz CT molecular complexity index is 539. The summed E-state index contributed by atoms with van der Waals surface area (Å²) in [6.07, 6.45) is -2.45. The normalized spacial score (nSPS) is 11.8. The Morgan fingerprint density at radius 2 is 1.19 bits per heavy atom. The molecule has 1 unspecified atom stereocenters. The van der Waals surface area contributed by atoms with E-state index in [-0.39, 0.29) is 45.5 Å². The third kappa shape index (κ3) is 18.5. The SMILES string of the molecule is COCCOCC(COCCOC)OC(=O)CCC(=O)OC(C)COC(=O)CCC(=O)O. The number of hydrogen-bond donors (Lipinski definition) is 1. The molecule has 0 aliphatic rings. The molecule has 0 fully saturated rings. The molecule has 0 aliphatic heterocycles. The van der Waals surface area contributed by atoms with E-state index >= 15 is 0 Å². The molecule has 1 atom stereocenters. The number of carboxylic acids is 1. The molecule has 0 saturated heterocycles. The maximum Gasteiger partial charge on any atom is 0.306 e. The van der Waals surface area contributed by atoms with Crippen LogP contribution in [0.1, 0.15) is 32.6 Å². The molecule has 0 aliphatic carbocycles. The first-order chi connectivity index (χ1) is 15.3. The third-order valence-corrected chi connectivity index (χ3v) is 3.66. The molecule has 0 aromatic heterocycles. The van der Waals surface area contributed by atoms with Crippen LogP contribution in [-0.4, -0.2) is 102 Å². The zero-order chi connectivity index (χ0) is 24.2. The first kappa shape index (κ1) is 29.7. The van der Waals surface area contributed by atoms with Gasteiger partial charge in [0.25, 0.3) is 0 Å². The summed E-state index contributed by atoms with van der Waals surface area (Å²) in [7, 11) is 3.08. The van der Waals surface area contributed by atoms with Crippen molar-refractivity contribution in [1.82, 2.24) is 0 Å². The number of ether oxygens (including phenoxy) is 7. The molecule has 0 radical (unpaired) electrons. The van der Waals surface area contributed by atoms with Gasteiger partial charge in [-0.2, -0.15) is 0 Å². The van der Waals surface area contributed by atoms with Crippen molar-refractivity contribution in [2.75, 3.05) is 60.5 Å². The lowest BCUT2D eigenvalue weighted by Gasteiger charge is -2.18. The Morgan fingerprint density at radius 3 is 1.69 bits per heavy atom. The van der Waals surface area contributed by atoms with Crippen LogP contribution >= 0.6 is 0 Å². The lowest BCUT2D eigenvalue weighted by atomic mass is 10.3. The van der Waals surface area contributed by atoms with Gasteiger partial charge in [0, 0.05) is 14.2 Å². The van der Waals surface area contributed by atoms with E-state index in [2.05, 4.69) is 0 Å². The van der Waals surface area contributed by atoms with Crippen molar-refractivity contribution < 1.29 is 57.4 Å². The third-order valence-electron chi connectivity index (χ3n) is 3.66. The molecule has 0 heterocycles. The average molecular weight is 466 g/mol. The van der Waals surface area contributed by atoms with Crippen LogP contribution < -0.4 is 0 Å². The topological polar surface area (TPSA) is 153 Å². The summed E-state index contributed by atoms with van der Waals surface area (Å²) in [5, 5.41) is 8.51. The maximum atomic E-state index is 12.1. The largest absolute Gasteiger partial charge is 0.481 e. The van der Waals surface area contributed by atoms with E-state index in [1.807, 2.05) is 0 Å². The van der Waals surface area contributed by atoms with E-state index in [1.165, 1.54) is 21.1 Å². The fraction of sp³-hybridized carbons (Fsp3) is 0.800. The van der Waals surface area contributed by atoms with Crippen molar-refractivity contribution in [3.63, 3.8) is 0 Å². The Hall–Kier alpha value is -2.28. The molecule has 12 nitrogen and oxygen atoms in total. The Morgan fingerprint density at radius 1 is 0.688 bits per heavy atom. The van der Waals surface area contributed by atoms with Crippen LogP contribution in [0.25, 0.3) is 0 Å². The smallest absolute Gasteiger partial charge is 0.306 e. The van der Waals surface area contributed by atoms with E-state index in [0.29, 0.717) is 26.4 Å². The summed E-state index contributed by atoms with van der Waals surface area (Å²) in [5.41, 5.74) is 0. The molecule has 0 bridgehead atoms. The van der Waals surface area contributed by atoms with Gasteiger partial charge in [0.2, 0.25) is 0 Å².